The van der Waals surface area contributed by atoms with Gasteiger partial charge in [-0.1, -0.05) is 0 Å². The van der Waals surface area contributed by atoms with Crippen LogP contribution in [0.4, 0.5) is 0 Å². The molecule has 3 rings (SSSR count). The van der Waals surface area contributed by atoms with E-state index in [4.69, 9.17) is 0 Å². The quantitative estimate of drug-likeness (QED) is 0.930. The number of nitrogens with one attached hydrogen (secondary N) is 1. The van der Waals surface area contributed by atoms with E-state index >= 15 is 0 Å². The number of aromatic nitrogens is 2. The molecule has 0 bridgehead atoms. The zero-order valence-corrected chi connectivity index (χ0v) is 12.3. The van der Waals surface area contributed by atoms with E-state index in [2.05, 4.69) is 40.6 Å². The maximum absolute atomic E-state index is 4.23. The van der Waals surface area contributed by atoms with E-state index in [1.165, 1.54) is 15.3 Å². The Labute approximate surface area is 118 Å². The van der Waals surface area contributed by atoms with Gasteiger partial charge >= 0.3 is 0 Å². The minimum absolute atomic E-state index is 0.623. The van der Waals surface area contributed by atoms with Gasteiger partial charge in [0.05, 0.1) is 6.20 Å². The minimum Gasteiger partial charge on any atom is -0.314 e. The lowest BCUT2D eigenvalue weighted by Crippen LogP contribution is -2.49. The molecule has 5 heteroatoms. The monoisotopic (exact) mass is 276 g/mol. The standard InChI is InChI=1S/C14H20N4S/c1-11-7-15-5-6-18(11)10-13-3-4-14(19-13)12-8-16-17(2)9-12/h3-4,8-9,11,15H,5-7,10H2,1-2H3. The third kappa shape index (κ3) is 2.88. The molecule has 0 aliphatic carbocycles. The first-order valence-corrected chi connectivity index (χ1v) is 7.56. The molecular formula is C14H20N4S. The molecule has 2 aromatic rings. The molecule has 19 heavy (non-hydrogen) atoms. The third-order valence-electron chi connectivity index (χ3n) is 3.65. The second-order valence-electron chi connectivity index (χ2n) is 5.19. The van der Waals surface area contributed by atoms with E-state index in [-0.39, 0.29) is 0 Å². The third-order valence-corrected chi connectivity index (χ3v) is 4.77. The average Bonchev–Trinajstić information content (AvgIpc) is 3.01. The van der Waals surface area contributed by atoms with Crippen molar-refractivity contribution < 1.29 is 0 Å². The fraction of sp³-hybridized carbons (Fsp3) is 0.500. The summed E-state index contributed by atoms with van der Waals surface area (Å²) in [4.78, 5) is 5.30. The van der Waals surface area contributed by atoms with Gasteiger partial charge in [-0.25, -0.2) is 0 Å². The van der Waals surface area contributed by atoms with Gasteiger partial charge in [-0.2, -0.15) is 5.10 Å². The molecule has 1 aliphatic rings. The fourth-order valence-electron chi connectivity index (χ4n) is 2.48. The molecule has 0 amide bonds. The Kier molecular flexibility index (Phi) is 3.68. The summed E-state index contributed by atoms with van der Waals surface area (Å²) in [7, 11) is 1.96. The highest BCUT2D eigenvalue weighted by molar-refractivity contribution is 7.15. The molecule has 0 radical (unpaired) electrons. The summed E-state index contributed by atoms with van der Waals surface area (Å²) in [5, 5.41) is 7.67. The van der Waals surface area contributed by atoms with E-state index in [9.17, 15) is 0 Å². The largest absolute Gasteiger partial charge is 0.314 e. The first-order valence-electron chi connectivity index (χ1n) is 6.75. The van der Waals surface area contributed by atoms with Crippen molar-refractivity contribution in [3.8, 4) is 10.4 Å². The Morgan fingerprint density at radius 1 is 1.47 bits per heavy atom. The van der Waals surface area contributed by atoms with E-state index in [1.54, 1.807) is 0 Å². The Hall–Kier alpha value is -1.17. The number of hydrogen-bond donors (Lipinski definition) is 1. The van der Waals surface area contributed by atoms with Gasteiger partial charge < -0.3 is 5.32 Å². The van der Waals surface area contributed by atoms with Crippen LogP contribution < -0.4 is 5.32 Å². The highest BCUT2D eigenvalue weighted by Crippen LogP contribution is 2.28. The van der Waals surface area contributed by atoms with Crippen LogP contribution in [0, 0.1) is 0 Å². The van der Waals surface area contributed by atoms with Gasteiger partial charge in [0.15, 0.2) is 0 Å². The molecule has 0 saturated carbocycles. The van der Waals surface area contributed by atoms with Crippen molar-refractivity contribution in [2.45, 2.75) is 19.5 Å². The Balaban J connectivity index is 1.71. The summed E-state index contributed by atoms with van der Waals surface area (Å²) in [6.45, 7) is 6.70. The Bertz CT molecular complexity index is 545. The second kappa shape index (κ2) is 5.45. The van der Waals surface area contributed by atoms with E-state index in [0.717, 1.165) is 26.2 Å². The summed E-state index contributed by atoms with van der Waals surface area (Å²) in [5.74, 6) is 0. The zero-order chi connectivity index (χ0) is 13.2. The Morgan fingerprint density at radius 3 is 3.11 bits per heavy atom. The molecule has 0 aromatic carbocycles. The zero-order valence-electron chi connectivity index (χ0n) is 11.5. The Morgan fingerprint density at radius 2 is 2.37 bits per heavy atom. The van der Waals surface area contributed by atoms with E-state index in [1.807, 2.05) is 29.3 Å². The second-order valence-corrected chi connectivity index (χ2v) is 6.36. The molecule has 1 saturated heterocycles. The molecule has 1 atom stereocenters. The summed E-state index contributed by atoms with van der Waals surface area (Å²) < 4.78 is 1.85. The van der Waals surface area contributed by atoms with Crippen LogP contribution >= 0.6 is 11.3 Å². The number of piperazine rings is 1. The van der Waals surface area contributed by atoms with Crippen molar-refractivity contribution >= 4 is 11.3 Å². The average molecular weight is 276 g/mol. The van der Waals surface area contributed by atoms with Gasteiger partial charge in [-0.3, -0.25) is 9.58 Å². The molecule has 102 valence electrons. The number of rotatable bonds is 3. The lowest BCUT2D eigenvalue weighted by Gasteiger charge is -2.33. The van der Waals surface area contributed by atoms with Crippen molar-refractivity contribution in [2.75, 3.05) is 19.6 Å². The smallest absolute Gasteiger partial charge is 0.0576 e. The predicted molar refractivity (Wildman–Crippen MR) is 79.3 cm³/mol. The predicted octanol–water partition coefficient (Wildman–Crippen LogP) is 1.94. The van der Waals surface area contributed by atoms with Gasteiger partial charge in [0, 0.05) is 60.8 Å². The van der Waals surface area contributed by atoms with Gasteiger partial charge in [-0.15, -0.1) is 11.3 Å². The number of thiophene rings is 1. The van der Waals surface area contributed by atoms with Crippen LogP contribution in [-0.2, 0) is 13.6 Å². The van der Waals surface area contributed by atoms with Crippen LogP contribution in [0.3, 0.4) is 0 Å². The molecule has 1 N–H and O–H groups in total. The first-order chi connectivity index (χ1) is 9.22. The van der Waals surface area contributed by atoms with Gasteiger partial charge in [-0.05, 0) is 19.1 Å². The summed E-state index contributed by atoms with van der Waals surface area (Å²) in [5.41, 5.74) is 1.21. The maximum atomic E-state index is 4.23. The van der Waals surface area contributed by atoms with E-state index in [0.29, 0.717) is 6.04 Å². The molecule has 1 fully saturated rings. The van der Waals surface area contributed by atoms with Crippen molar-refractivity contribution in [3.63, 3.8) is 0 Å². The van der Waals surface area contributed by atoms with Crippen LogP contribution in [0.25, 0.3) is 10.4 Å². The van der Waals surface area contributed by atoms with Crippen LogP contribution in [0.15, 0.2) is 24.5 Å². The van der Waals surface area contributed by atoms with Gasteiger partial charge in [0.1, 0.15) is 0 Å². The molecule has 1 unspecified atom stereocenters. The van der Waals surface area contributed by atoms with Crippen LogP contribution in [0.1, 0.15) is 11.8 Å². The van der Waals surface area contributed by atoms with Crippen LogP contribution in [-0.4, -0.2) is 40.4 Å². The molecule has 4 nitrogen and oxygen atoms in total. The van der Waals surface area contributed by atoms with Crippen molar-refractivity contribution in [2.24, 2.45) is 7.05 Å². The SMILES string of the molecule is CC1CNCCN1Cc1ccc(-c2cnn(C)c2)s1. The van der Waals surface area contributed by atoms with E-state index < -0.39 is 0 Å². The van der Waals surface area contributed by atoms with Crippen LogP contribution in [0.2, 0.25) is 0 Å². The molecule has 2 aromatic heterocycles. The molecular weight excluding hydrogens is 256 g/mol. The first kappa shape index (κ1) is 12.8. The molecule has 3 heterocycles. The lowest BCUT2D eigenvalue weighted by molar-refractivity contribution is 0.167. The normalized spacial score (nSPS) is 20.8. The highest BCUT2D eigenvalue weighted by atomic mass is 32.1. The minimum atomic E-state index is 0.623. The van der Waals surface area contributed by atoms with Crippen LogP contribution in [0.5, 0.6) is 0 Å². The topological polar surface area (TPSA) is 33.1 Å². The summed E-state index contributed by atoms with van der Waals surface area (Å²) in [6.07, 6.45) is 4.01. The molecule has 1 aliphatic heterocycles. The van der Waals surface area contributed by atoms with Crippen molar-refractivity contribution in [1.29, 1.82) is 0 Å². The number of nitrogens with zero attached hydrogens (tertiary/aromatic N) is 3. The van der Waals surface area contributed by atoms with Crippen molar-refractivity contribution in [3.05, 3.63) is 29.4 Å². The van der Waals surface area contributed by atoms with Gasteiger partial charge in [0.2, 0.25) is 0 Å². The van der Waals surface area contributed by atoms with Gasteiger partial charge in [0.25, 0.3) is 0 Å². The lowest BCUT2D eigenvalue weighted by atomic mass is 10.2. The maximum Gasteiger partial charge on any atom is 0.0576 e. The fourth-order valence-corrected chi connectivity index (χ4v) is 3.49. The number of hydrogen-bond acceptors (Lipinski definition) is 4. The summed E-state index contributed by atoms with van der Waals surface area (Å²) in [6, 6.07) is 5.09. The highest BCUT2D eigenvalue weighted by Gasteiger charge is 2.18. The number of aryl methyl sites for hydroxylation is 1. The summed E-state index contributed by atoms with van der Waals surface area (Å²) >= 11 is 1.88. The van der Waals surface area contributed by atoms with Crippen molar-refractivity contribution in [1.82, 2.24) is 20.0 Å². The molecule has 0 spiro atoms.